The van der Waals surface area contributed by atoms with E-state index < -0.39 is 37.1 Å². The quantitative estimate of drug-likeness (QED) is 0.553. The van der Waals surface area contributed by atoms with Crippen LogP contribution in [0.4, 0.5) is 0 Å². The Kier molecular flexibility index (Phi) is 5.37. The molecule has 2 saturated heterocycles. The third-order valence-corrected chi connectivity index (χ3v) is 7.20. The summed E-state index contributed by atoms with van der Waals surface area (Å²) in [6.07, 6.45) is 0. The van der Waals surface area contributed by atoms with Crippen molar-refractivity contribution < 1.29 is 18.8 Å². The van der Waals surface area contributed by atoms with Crippen molar-refractivity contribution in [3.63, 3.8) is 0 Å². The fraction of sp³-hybridized carbons (Fsp3) is 0.526. The second-order valence-corrected chi connectivity index (χ2v) is 14.9. The molecular weight excluding hydrogens is 394 g/mol. The van der Waals surface area contributed by atoms with Crippen LogP contribution >= 0.6 is 11.8 Å². The number of benzene rings is 1. The van der Waals surface area contributed by atoms with Gasteiger partial charge in [0.1, 0.15) is 23.5 Å². The topological polar surface area (TPSA) is 102 Å². The average molecular weight is 422 g/mol. The van der Waals surface area contributed by atoms with Gasteiger partial charge in [0.2, 0.25) is 20.1 Å². The van der Waals surface area contributed by atoms with E-state index in [9.17, 15) is 14.4 Å². The second kappa shape index (κ2) is 7.20. The summed E-state index contributed by atoms with van der Waals surface area (Å²) in [6.45, 7) is 9.65. The van der Waals surface area contributed by atoms with Crippen LogP contribution < -0.4 is 11.1 Å². The fourth-order valence-corrected chi connectivity index (χ4v) is 5.87. The van der Waals surface area contributed by atoms with Crippen LogP contribution in [0.3, 0.4) is 0 Å². The van der Waals surface area contributed by atoms with Gasteiger partial charge in [0, 0.05) is 4.75 Å². The minimum atomic E-state index is -2.08. The first kappa shape index (κ1) is 20.9. The molecule has 0 radical (unpaired) electrons. The van der Waals surface area contributed by atoms with Gasteiger partial charge in [-0.25, -0.2) is 0 Å². The van der Waals surface area contributed by atoms with E-state index >= 15 is 0 Å². The lowest BCUT2D eigenvalue weighted by Crippen LogP contribution is -2.71. The third kappa shape index (κ3) is 3.83. The Labute approximate surface area is 170 Å². The maximum atomic E-state index is 12.8. The molecule has 1 unspecified atom stereocenters. The van der Waals surface area contributed by atoms with Crippen molar-refractivity contribution in [3.05, 3.63) is 35.9 Å². The smallest absolute Gasteiger partial charge is 0.317 e. The first-order chi connectivity index (χ1) is 12.9. The molecule has 2 heterocycles. The van der Waals surface area contributed by atoms with Crippen molar-refractivity contribution in [2.75, 3.05) is 0 Å². The van der Waals surface area contributed by atoms with Crippen molar-refractivity contribution in [2.45, 2.75) is 61.7 Å². The maximum Gasteiger partial charge on any atom is 0.317 e. The minimum absolute atomic E-state index is 0.269. The van der Waals surface area contributed by atoms with Crippen LogP contribution in [0.25, 0.3) is 0 Å². The molecule has 0 bridgehead atoms. The number of nitrogens with one attached hydrogen (secondary N) is 1. The molecule has 9 heteroatoms. The molecular formula is C19H27N3O4SSi. The van der Waals surface area contributed by atoms with Crippen LogP contribution in [0.1, 0.15) is 25.5 Å². The molecule has 28 heavy (non-hydrogen) atoms. The number of hydrogen-bond donors (Lipinski definition) is 2. The van der Waals surface area contributed by atoms with Gasteiger partial charge < -0.3 is 20.4 Å². The SMILES string of the molecule is CC1(C)S[C@@H]2[C@H](NC(=O)C(N)c3ccccc3)C(=O)N2[C@H]1C(=O)O[Si](C)(C)C. The molecule has 4 atom stereocenters. The second-order valence-electron chi connectivity index (χ2n) is 8.67. The molecule has 2 aliphatic rings. The van der Waals surface area contributed by atoms with Gasteiger partial charge in [0.05, 0.1) is 0 Å². The third-order valence-electron chi connectivity index (χ3n) is 4.81. The zero-order valence-electron chi connectivity index (χ0n) is 16.8. The highest BCUT2D eigenvalue weighted by atomic mass is 32.2. The zero-order valence-corrected chi connectivity index (χ0v) is 18.6. The molecule has 7 nitrogen and oxygen atoms in total. The van der Waals surface area contributed by atoms with Crippen LogP contribution in [-0.4, -0.2) is 53.2 Å². The summed E-state index contributed by atoms with van der Waals surface area (Å²) in [5.41, 5.74) is 6.71. The van der Waals surface area contributed by atoms with Gasteiger partial charge in [-0.15, -0.1) is 11.8 Å². The molecule has 3 rings (SSSR count). The lowest BCUT2D eigenvalue weighted by atomic mass is 9.95. The number of β-lactam (4-membered cyclic amide) rings is 1. The Balaban J connectivity index is 1.71. The summed E-state index contributed by atoms with van der Waals surface area (Å²) in [4.78, 5) is 39.6. The van der Waals surface area contributed by atoms with Gasteiger partial charge in [-0.05, 0) is 39.1 Å². The highest BCUT2D eigenvalue weighted by Crippen LogP contribution is 2.51. The van der Waals surface area contributed by atoms with Crippen LogP contribution in [0.5, 0.6) is 0 Å². The molecule has 2 amide bonds. The lowest BCUT2D eigenvalue weighted by molar-refractivity contribution is -0.160. The van der Waals surface area contributed by atoms with E-state index in [4.69, 9.17) is 10.2 Å². The number of fused-ring (bicyclic) bond motifs is 1. The number of thioether (sulfide) groups is 1. The standard InChI is InChI=1S/C19H27N3O4SSi/c1-19(2)14(18(25)26-28(3,4)5)22-16(24)13(17(22)27-19)21-15(23)12(20)11-9-7-6-8-10-11/h6-10,12-14,17H,20H2,1-5H3,(H,21,23)/t12?,13-,14+,17-/m1/s1. The molecule has 152 valence electrons. The molecule has 1 aromatic carbocycles. The Morgan fingerprint density at radius 2 is 1.86 bits per heavy atom. The number of nitrogens with zero attached hydrogens (tertiary/aromatic N) is 1. The number of rotatable bonds is 5. The number of amides is 2. The summed E-state index contributed by atoms with van der Waals surface area (Å²) in [6, 6.07) is 6.82. The monoisotopic (exact) mass is 421 g/mol. The first-order valence-electron chi connectivity index (χ1n) is 9.26. The fourth-order valence-electron chi connectivity index (χ4n) is 3.54. The highest BCUT2D eigenvalue weighted by molar-refractivity contribution is 8.01. The zero-order chi connectivity index (χ0) is 20.9. The maximum absolute atomic E-state index is 12.8. The summed E-state index contributed by atoms with van der Waals surface area (Å²) in [7, 11) is -2.08. The van der Waals surface area contributed by atoms with Crippen molar-refractivity contribution in [1.82, 2.24) is 10.2 Å². The summed E-state index contributed by atoms with van der Waals surface area (Å²) in [5.74, 6) is -1.04. The molecule has 0 aliphatic carbocycles. The summed E-state index contributed by atoms with van der Waals surface area (Å²) >= 11 is 1.51. The van der Waals surface area contributed by atoms with Crippen LogP contribution in [0.15, 0.2) is 30.3 Å². The van der Waals surface area contributed by atoms with Crippen LogP contribution in [0, 0.1) is 0 Å². The Bertz CT molecular complexity index is 796. The molecule has 0 saturated carbocycles. The van der Waals surface area contributed by atoms with Crippen LogP contribution in [0.2, 0.25) is 19.6 Å². The lowest BCUT2D eigenvalue weighted by Gasteiger charge is -2.44. The van der Waals surface area contributed by atoms with Crippen molar-refractivity contribution in [2.24, 2.45) is 5.73 Å². The number of nitrogens with two attached hydrogens (primary N) is 1. The average Bonchev–Trinajstić information content (AvgIpc) is 2.86. The Morgan fingerprint density at radius 1 is 1.25 bits per heavy atom. The Morgan fingerprint density at radius 3 is 2.43 bits per heavy atom. The predicted molar refractivity (Wildman–Crippen MR) is 111 cm³/mol. The van der Waals surface area contributed by atoms with Gasteiger partial charge >= 0.3 is 5.97 Å². The Hall–Kier alpha value is -1.84. The summed E-state index contributed by atoms with van der Waals surface area (Å²) in [5, 5.41) is 2.46. The number of hydrogen-bond acceptors (Lipinski definition) is 6. The largest absolute Gasteiger partial charge is 0.518 e. The van der Waals surface area contributed by atoms with Gasteiger partial charge in [0.15, 0.2) is 0 Å². The van der Waals surface area contributed by atoms with E-state index in [0.717, 1.165) is 0 Å². The van der Waals surface area contributed by atoms with E-state index in [1.165, 1.54) is 11.8 Å². The number of carbonyl (C=O) groups is 3. The van der Waals surface area contributed by atoms with Gasteiger partial charge in [-0.1, -0.05) is 30.3 Å². The molecule has 0 spiro atoms. The summed E-state index contributed by atoms with van der Waals surface area (Å²) < 4.78 is 5.15. The van der Waals surface area contributed by atoms with Crippen molar-refractivity contribution in [3.8, 4) is 0 Å². The van der Waals surface area contributed by atoms with Gasteiger partial charge in [-0.3, -0.25) is 14.4 Å². The molecule has 2 aliphatic heterocycles. The minimum Gasteiger partial charge on any atom is -0.518 e. The van der Waals surface area contributed by atoms with E-state index in [2.05, 4.69) is 5.32 Å². The van der Waals surface area contributed by atoms with E-state index in [0.29, 0.717) is 5.56 Å². The van der Waals surface area contributed by atoms with Crippen LogP contribution in [-0.2, 0) is 18.8 Å². The van der Waals surface area contributed by atoms with E-state index in [1.54, 1.807) is 17.0 Å². The highest BCUT2D eigenvalue weighted by Gasteiger charge is 2.64. The van der Waals surface area contributed by atoms with Gasteiger partial charge in [-0.2, -0.15) is 0 Å². The van der Waals surface area contributed by atoms with E-state index in [1.807, 2.05) is 51.7 Å². The first-order valence-corrected chi connectivity index (χ1v) is 13.5. The van der Waals surface area contributed by atoms with E-state index in [-0.39, 0.29) is 17.3 Å². The van der Waals surface area contributed by atoms with Crippen molar-refractivity contribution >= 4 is 37.9 Å². The van der Waals surface area contributed by atoms with Gasteiger partial charge in [0.25, 0.3) is 0 Å². The number of carbonyl (C=O) groups excluding carboxylic acids is 3. The van der Waals surface area contributed by atoms with Crippen molar-refractivity contribution in [1.29, 1.82) is 0 Å². The molecule has 2 fully saturated rings. The molecule has 3 N–H and O–H groups in total. The predicted octanol–water partition coefficient (Wildman–Crippen LogP) is 1.61. The molecule has 0 aromatic heterocycles. The molecule has 1 aromatic rings. The normalized spacial score (nSPS) is 26.9.